The number of aliphatic imine (C=N–C) groups is 1. The van der Waals surface area contributed by atoms with Crippen LogP contribution >= 0.6 is 0 Å². The van der Waals surface area contributed by atoms with Crippen molar-refractivity contribution >= 4 is 29.6 Å². The van der Waals surface area contributed by atoms with Crippen LogP contribution in [0.25, 0.3) is 0 Å². The van der Waals surface area contributed by atoms with Gasteiger partial charge in [-0.2, -0.15) is 0 Å². The van der Waals surface area contributed by atoms with Gasteiger partial charge in [0.1, 0.15) is 12.1 Å². The summed E-state index contributed by atoms with van der Waals surface area (Å²) in [6.07, 6.45) is 3.24. The Morgan fingerprint density at radius 2 is 1.65 bits per heavy atom. The van der Waals surface area contributed by atoms with Gasteiger partial charge in [0.15, 0.2) is 5.96 Å². The number of rotatable bonds is 8. The number of amides is 4. The Morgan fingerprint density at radius 1 is 1.00 bits per heavy atom. The Balaban J connectivity index is 1.60. The summed E-state index contributed by atoms with van der Waals surface area (Å²) in [6, 6.07) is 6.26. The lowest BCUT2D eigenvalue weighted by Gasteiger charge is -2.32. The topological polar surface area (TPSA) is 177 Å². The van der Waals surface area contributed by atoms with Crippen molar-refractivity contribution in [2.45, 2.75) is 56.7 Å². The number of nitrogens with two attached hydrogens (primary N) is 3. The summed E-state index contributed by atoms with van der Waals surface area (Å²) in [5.41, 5.74) is 17.1. The summed E-state index contributed by atoms with van der Waals surface area (Å²) in [6.45, 7) is 1.21. The number of likely N-dealkylation sites (tertiary alicyclic amines) is 2. The van der Waals surface area contributed by atoms with E-state index in [1.807, 2.05) is 0 Å². The molecule has 11 nitrogen and oxygen atoms in total. The zero-order valence-corrected chi connectivity index (χ0v) is 19.2. The Morgan fingerprint density at radius 3 is 2.32 bits per heavy atom. The molecule has 34 heavy (non-hydrogen) atoms. The molecule has 1 aromatic carbocycles. The van der Waals surface area contributed by atoms with Crippen molar-refractivity contribution in [2.24, 2.45) is 22.2 Å². The average Bonchev–Trinajstić information content (AvgIpc) is 3.51. The van der Waals surface area contributed by atoms with E-state index in [4.69, 9.17) is 17.2 Å². The second kappa shape index (κ2) is 11.6. The Bertz CT molecular complexity index is 933. The highest BCUT2D eigenvalue weighted by molar-refractivity contribution is 6.07. The number of nitrogens with zero attached hydrogens (tertiary/aromatic N) is 3. The number of imide groups is 1. The second-order valence-electron chi connectivity index (χ2n) is 8.62. The maximum absolute atomic E-state index is 13.4. The molecular formula is C23H33N7O4. The molecule has 0 bridgehead atoms. The lowest BCUT2D eigenvalue weighted by atomic mass is 10.1. The normalized spacial score (nSPS) is 20.6. The van der Waals surface area contributed by atoms with Gasteiger partial charge in [-0.3, -0.25) is 29.5 Å². The molecule has 0 spiro atoms. The summed E-state index contributed by atoms with van der Waals surface area (Å²) in [4.78, 5) is 58.4. The van der Waals surface area contributed by atoms with Gasteiger partial charge in [0, 0.05) is 25.2 Å². The molecule has 4 amide bonds. The number of carbonyl (C=O) groups is 4. The average molecular weight is 472 g/mol. The number of hydrogen-bond donors (Lipinski definition) is 4. The summed E-state index contributed by atoms with van der Waals surface area (Å²) < 4.78 is 0. The number of guanidine groups is 1. The van der Waals surface area contributed by atoms with Crippen molar-refractivity contribution in [1.82, 2.24) is 15.1 Å². The van der Waals surface area contributed by atoms with E-state index >= 15 is 0 Å². The molecule has 2 heterocycles. The number of nitrogens with one attached hydrogen (secondary N) is 1. The molecule has 3 rings (SSSR count). The van der Waals surface area contributed by atoms with E-state index < -0.39 is 29.9 Å². The first-order valence-electron chi connectivity index (χ1n) is 11.6. The van der Waals surface area contributed by atoms with Gasteiger partial charge in [-0.05, 0) is 50.7 Å². The minimum atomic E-state index is -0.760. The maximum atomic E-state index is 13.4. The first kappa shape index (κ1) is 25.2. The van der Waals surface area contributed by atoms with Crippen LogP contribution in [0.15, 0.2) is 35.3 Å². The van der Waals surface area contributed by atoms with Crippen LogP contribution in [0.5, 0.6) is 0 Å². The van der Waals surface area contributed by atoms with Gasteiger partial charge in [0.2, 0.25) is 17.7 Å². The lowest BCUT2D eigenvalue weighted by molar-refractivity contribution is -0.147. The van der Waals surface area contributed by atoms with E-state index in [9.17, 15) is 19.2 Å². The van der Waals surface area contributed by atoms with Gasteiger partial charge in [0.05, 0.1) is 6.04 Å². The summed E-state index contributed by atoms with van der Waals surface area (Å²) in [7, 11) is 0. The summed E-state index contributed by atoms with van der Waals surface area (Å²) in [5, 5.41) is 2.40. The quantitative estimate of drug-likeness (QED) is 0.168. The van der Waals surface area contributed by atoms with Crippen LogP contribution in [-0.2, 0) is 14.4 Å². The molecule has 2 fully saturated rings. The third-order valence-electron chi connectivity index (χ3n) is 6.22. The lowest BCUT2D eigenvalue weighted by Crippen LogP contribution is -2.55. The fourth-order valence-electron chi connectivity index (χ4n) is 4.49. The van der Waals surface area contributed by atoms with Crippen LogP contribution < -0.4 is 22.5 Å². The van der Waals surface area contributed by atoms with Crippen LogP contribution in [0, 0.1) is 0 Å². The van der Waals surface area contributed by atoms with Gasteiger partial charge in [-0.1, -0.05) is 18.2 Å². The number of carbonyl (C=O) groups excluding carboxylic acids is 4. The van der Waals surface area contributed by atoms with Crippen molar-refractivity contribution < 1.29 is 19.2 Å². The highest BCUT2D eigenvalue weighted by atomic mass is 16.2. The van der Waals surface area contributed by atoms with Crippen molar-refractivity contribution in [3.05, 3.63) is 35.9 Å². The molecule has 0 saturated carbocycles. The summed E-state index contributed by atoms with van der Waals surface area (Å²) >= 11 is 0. The second-order valence-corrected chi connectivity index (χ2v) is 8.62. The molecule has 0 aliphatic carbocycles. The summed E-state index contributed by atoms with van der Waals surface area (Å²) in [5.74, 6) is -1.59. The van der Waals surface area contributed by atoms with E-state index in [0.717, 1.165) is 0 Å². The first-order chi connectivity index (χ1) is 16.3. The molecule has 0 aromatic heterocycles. The molecule has 7 N–H and O–H groups in total. The van der Waals surface area contributed by atoms with Gasteiger partial charge in [0.25, 0.3) is 5.91 Å². The van der Waals surface area contributed by atoms with Crippen molar-refractivity contribution in [2.75, 3.05) is 19.6 Å². The Kier molecular flexibility index (Phi) is 8.58. The predicted molar refractivity (Wildman–Crippen MR) is 126 cm³/mol. The van der Waals surface area contributed by atoms with Gasteiger partial charge in [-0.15, -0.1) is 0 Å². The predicted octanol–water partition coefficient (Wildman–Crippen LogP) is -0.694. The zero-order chi connectivity index (χ0) is 24.7. The molecule has 2 saturated heterocycles. The van der Waals surface area contributed by atoms with Crippen LogP contribution in [0.2, 0.25) is 0 Å². The number of benzene rings is 1. The SMILES string of the molecule is NC(N)=NCCC[C@H](N)C(=O)N1CCC[C@H]1C(=O)N1CCC[C@H]1C(=O)NC(=O)c1ccccc1. The molecule has 2 aliphatic rings. The molecular weight excluding hydrogens is 438 g/mol. The minimum absolute atomic E-state index is 0.0141. The van der Waals surface area contributed by atoms with E-state index in [1.165, 1.54) is 9.80 Å². The minimum Gasteiger partial charge on any atom is -0.370 e. The maximum Gasteiger partial charge on any atom is 0.257 e. The van der Waals surface area contributed by atoms with E-state index in [1.54, 1.807) is 30.3 Å². The first-order valence-corrected chi connectivity index (χ1v) is 11.6. The fourth-order valence-corrected chi connectivity index (χ4v) is 4.49. The molecule has 0 radical (unpaired) electrons. The van der Waals surface area contributed by atoms with Gasteiger partial charge >= 0.3 is 0 Å². The standard InChI is InChI=1S/C23H33N7O4/c24-16(9-4-12-27-23(25)26)21(33)30-14-6-11-18(30)22(34)29-13-5-10-17(29)20(32)28-19(31)15-7-2-1-3-8-15/h1-3,7-8,16-18H,4-6,9-14,24H2,(H4,25,26,27)(H,28,31,32)/t16-,17-,18-/m0/s1. The third-order valence-corrected chi connectivity index (χ3v) is 6.22. The monoisotopic (exact) mass is 471 g/mol. The fraction of sp³-hybridized carbons (Fsp3) is 0.522. The van der Waals surface area contributed by atoms with E-state index in [0.29, 0.717) is 63.7 Å². The molecule has 0 unspecified atom stereocenters. The van der Waals surface area contributed by atoms with E-state index in [2.05, 4.69) is 10.3 Å². The van der Waals surface area contributed by atoms with Crippen LogP contribution in [0.3, 0.4) is 0 Å². The van der Waals surface area contributed by atoms with Crippen molar-refractivity contribution in [3.63, 3.8) is 0 Å². The molecule has 2 aliphatic heterocycles. The third kappa shape index (κ3) is 6.10. The van der Waals surface area contributed by atoms with Crippen LogP contribution in [0.1, 0.15) is 48.9 Å². The van der Waals surface area contributed by atoms with Crippen molar-refractivity contribution in [1.29, 1.82) is 0 Å². The molecule has 3 atom stereocenters. The van der Waals surface area contributed by atoms with Crippen molar-refractivity contribution in [3.8, 4) is 0 Å². The Hall–Kier alpha value is -3.47. The van der Waals surface area contributed by atoms with Crippen LogP contribution in [-0.4, -0.2) is 77.1 Å². The highest BCUT2D eigenvalue weighted by Crippen LogP contribution is 2.26. The van der Waals surface area contributed by atoms with Gasteiger partial charge in [-0.25, -0.2) is 0 Å². The largest absolute Gasteiger partial charge is 0.370 e. The number of hydrogen-bond acceptors (Lipinski definition) is 6. The molecule has 11 heteroatoms. The zero-order valence-electron chi connectivity index (χ0n) is 19.2. The highest BCUT2D eigenvalue weighted by Gasteiger charge is 2.43. The molecule has 184 valence electrons. The van der Waals surface area contributed by atoms with Crippen LogP contribution in [0.4, 0.5) is 0 Å². The van der Waals surface area contributed by atoms with E-state index in [-0.39, 0.29) is 17.8 Å². The molecule has 1 aromatic rings. The Labute approximate surface area is 198 Å². The van der Waals surface area contributed by atoms with Gasteiger partial charge < -0.3 is 27.0 Å². The smallest absolute Gasteiger partial charge is 0.257 e.